The van der Waals surface area contributed by atoms with Crippen LogP contribution in [0.3, 0.4) is 0 Å². The molecule has 1 aromatic carbocycles. The van der Waals surface area contributed by atoms with Crippen LogP contribution in [0, 0.1) is 20.8 Å². The standard InChI is InChI=1S/C14H14BrClS/c1-8-6-9(2)13(10(3)7-8)14(16)11-4-5-12(15)17-11/h4-7,14H,1-3H3. The Kier molecular flexibility index (Phi) is 3.96. The van der Waals surface area contributed by atoms with Crippen molar-refractivity contribution in [3.8, 4) is 0 Å². The van der Waals surface area contributed by atoms with Crippen LogP contribution in [0.4, 0.5) is 0 Å². The van der Waals surface area contributed by atoms with Gasteiger partial charge in [-0.05, 0) is 65.5 Å². The Morgan fingerprint density at radius 3 is 2.18 bits per heavy atom. The molecule has 1 atom stereocenters. The zero-order valence-electron chi connectivity index (χ0n) is 10.1. The number of halogens is 2. The predicted octanol–water partition coefficient (Wildman–Crippen LogP) is 5.76. The molecule has 0 aliphatic rings. The summed E-state index contributed by atoms with van der Waals surface area (Å²) in [4.78, 5) is 1.19. The molecule has 1 unspecified atom stereocenters. The average molecular weight is 330 g/mol. The minimum Gasteiger partial charge on any atom is -0.131 e. The van der Waals surface area contributed by atoms with Crippen molar-refractivity contribution in [2.75, 3.05) is 0 Å². The summed E-state index contributed by atoms with van der Waals surface area (Å²) < 4.78 is 1.13. The maximum absolute atomic E-state index is 6.60. The molecule has 0 aliphatic heterocycles. The second-order valence-electron chi connectivity index (χ2n) is 4.32. The lowest BCUT2D eigenvalue weighted by atomic mass is 9.96. The lowest BCUT2D eigenvalue weighted by Gasteiger charge is -2.15. The SMILES string of the molecule is Cc1cc(C)c(C(Cl)c2ccc(Br)s2)c(C)c1. The van der Waals surface area contributed by atoms with Gasteiger partial charge < -0.3 is 0 Å². The third kappa shape index (κ3) is 2.75. The van der Waals surface area contributed by atoms with Crippen LogP contribution < -0.4 is 0 Å². The molecule has 0 aliphatic carbocycles. The molecule has 90 valence electrons. The zero-order chi connectivity index (χ0) is 12.6. The van der Waals surface area contributed by atoms with Crippen molar-refractivity contribution in [2.24, 2.45) is 0 Å². The first-order valence-electron chi connectivity index (χ1n) is 5.46. The fourth-order valence-electron chi connectivity index (χ4n) is 2.20. The van der Waals surface area contributed by atoms with Gasteiger partial charge in [-0.1, -0.05) is 17.7 Å². The highest BCUT2D eigenvalue weighted by Crippen LogP contribution is 2.38. The van der Waals surface area contributed by atoms with Crippen LogP contribution >= 0.6 is 38.9 Å². The fraction of sp³-hybridized carbons (Fsp3) is 0.286. The summed E-state index contributed by atoms with van der Waals surface area (Å²) in [5.41, 5.74) is 5.07. The van der Waals surface area contributed by atoms with Crippen LogP contribution in [0.1, 0.15) is 32.5 Å². The average Bonchev–Trinajstić information content (AvgIpc) is 2.63. The second-order valence-corrected chi connectivity index (χ2v) is 7.25. The Bertz CT molecular complexity index is 522. The maximum Gasteiger partial charge on any atom is 0.0933 e. The quantitative estimate of drug-likeness (QED) is 0.614. The Morgan fingerprint density at radius 1 is 1.12 bits per heavy atom. The Labute approximate surface area is 120 Å². The third-order valence-corrected chi connectivity index (χ3v) is 5.11. The predicted molar refractivity (Wildman–Crippen MR) is 80.4 cm³/mol. The van der Waals surface area contributed by atoms with Gasteiger partial charge in [0.25, 0.3) is 0 Å². The first kappa shape index (κ1) is 13.1. The van der Waals surface area contributed by atoms with Crippen molar-refractivity contribution in [3.05, 3.63) is 55.2 Å². The molecule has 2 aromatic rings. The lowest BCUT2D eigenvalue weighted by molar-refractivity contribution is 1.10. The smallest absolute Gasteiger partial charge is 0.0933 e. The van der Waals surface area contributed by atoms with E-state index in [9.17, 15) is 0 Å². The molecule has 0 bridgehead atoms. The topological polar surface area (TPSA) is 0 Å². The van der Waals surface area contributed by atoms with Crippen LogP contribution in [-0.4, -0.2) is 0 Å². The minimum absolute atomic E-state index is 0.0492. The molecular formula is C14H14BrClS. The van der Waals surface area contributed by atoms with Gasteiger partial charge in [-0.25, -0.2) is 0 Å². The van der Waals surface area contributed by atoms with E-state index in [0.717, 1.165) is 3.79 Å². The number of rotatable bonds is 2. The van der Waals surface area contributed by atoms with Gasteiger partial charge in [-0.3, -0.25) is 0 Å². The van der Waals surface area contributed by atoms with E-state index in [0.29, 0.717) is 0 Å². The van der Waals surface area contributed by atoms with Crippen molar-refractivity contribution in [1.29, 1.82) is 0 Å². The summed E-state index contributed by atoms with van der Waals surface area (Å²) in [6.45, 7) is 6.38. The maximum atomic E-state index is 6.60. The summed E-state index contributed by atoms with van der Waals surface area (Å²) in [5.74, 6) is 0. The van der Waals surface area contributed by atoms with E-state index in [-0.39, 0.29) is 5.38 Å². The molecule has 0 amide bonds. The van der Waals surface area contributed by atoms with Crippen LogP contribution in [0.5, 0.6) is 0 Å². The summed E-state index contributed by atoms with van der Waals surface area (Å²) >= 11 is 11.8. The molecule has 2 rings (SSSR count). The number of benzene rings is 1. The molecule has 0 nitrogen and oxygen atoms in total. The minimum atomic E-state index is -0.0492. The van der Waals surface area contributed by atoms with Crippen LogP contribution in [-0.2, 0) is 0 Å². The fourth-order valence-corrected chi connectivity index (χ4v) is 4.16. The van der Waals surface area contributed by atoms with E-state index >= 15 is 0 Å². The van der Waals surface area contributed by atoms with Gasteiger partial charge in [0.2, 0.25) is 0 Å². The number of alkyl halides is 1. The van der Waals surface area contributed by atoms with E-state index in [1.165, 1.54) is 27.1 Å². The van der Waals surface area contributed by atoms with Crippen LogP contribution in [0.25, 0.3) is 0 Å². The van der Waals surface area contributed by atoms with Gasteiger partial charge in [0.15, 0.2) is 0 Å². The van der Waals surface area contributed by atoms with E-state index in [4.69, 9.17) is 11.6 Å². The molecular weight excluding hydrogens is 316 g/mol. The molecule has 1 aromatic heterocycles. The highest BCUT2D eigenvalue weighted by atomic mass is 79.9. The van der Waals surface area contributed by atoms with Gasteiger partial charge in [0.1, 0.15) is 0 Å². The summed E-state index contributed by atoms with van der Waals surface area (Å²) in [6, 6.07) is 8.53. The molecule has 1 heterocycles. The molecule has 0 N–H and O–H groups in total. The van der Waals surface area contributed by atoms with E-state index in [1.807, 2.05) is 6.07 Å². The third-order valence-electron chi connectivity index (χ3n) is 2.84. The molecule has 0 radical (unpaired) electrons. The zero-order valence-corrected chi connectivity index (χ0v) is 13.2. The summed E-state index contributed by atoms with van der Waals surface area (Å²) in [6.07, 6.45) is 0. The highest BCUT2D eigenvalue weighted by molar-refractivity contribution is 9.11. The van der Waals surface area contributed by atoms with Crippen molar-refractivity contribution < 1.29 is 0 Å². The van der Waals surface area contributed by atoms with Gasteiger partial charge >= 0.3 is 0 Å². The Morgan fingerprint density at radius 2 is 1.71 bits per heavy atom. The van der Waals surface area contributed by atoms with Gasteiger partial charge in [-0.2, -0.15) is 0 Å². The van der Waals surface area contributed by atoms with Crippen molar-refractivity contribution in [1.82, 2.24) is 0 Å². The number of hydrogen-bond acceptors (Lipinski definition) is 1. The number of thiophene rings is 1. The first-order chi connectivity index (χ1) is 7.99. The van der Waals surface area contributed by atoms with E-state index in [2.05, 4.69) is 54.9 Å². The second kappa shape index (κ2) is 5.13. The van der Waals surface area contributed by atoms with Gasteiger partial charge in [-0.15, -0.1) is 22.9 Å². The van der Waals surface area contributed by atoms with Crippen molar-refractivity contribution in [3.63, 3.8) is 0 Å². The van der Waals surface area contributed by atoms with E-state index in [1.54, 1.807) is 11.3 Å². The molecule has 17 heavy (non-hydrogen) atoms. The number of aryl methyl sites for hydroxylation is 3. The van der Waals surface area contributed by atoms with Crippen molar-refractivity contribution >= 4 is 38.9 Å². The molecule has 0 saturated carbocycles. The van der Waals surface area contributed by atoms with Crippen LogP contribution in [0.15, 0.2) is 28.1 Å². The monoisotopic (exact) mass is 328 g/mol. The lowest BCUT2D eigenvalue weighted by Crippen LogP contribution is -1.98. The normalized spacial score (nSPS) is 12.8. The highest BCUT2D eigenvalue weighted by Gasteiger charge is 2.17. The molecule has 0 fully saturated rings. The Hall–Kier alpha value is -0.310. The first-order valence-corrected chi connectivity index (χ1v) is 7.50. The summed E-state index contributed by atoms with van der Waals surface area (Å²) in [5, 5.41) is -0.0492. The van der Waals surface area contributed by atoms with Crippen molar-refractivity contribution in [2.45, 2.75) is 26.1 Å². The molecule has 3 heteroatoms. The van der Waals surface area contributed by atoms with E-state index < -0.39 is 0 Å². The largest absolute Gasteiger partial charge is 0.131 e. The Balaban J connectivity index is 2.47. The van der Waals surface area contributed by atoms with Crippen LogP contribution in [0.2, 0.25) is 0 Å². The molecule has 0 saturated heterocycles. The van der Waals surface area contributed by atoms with Gasteiger partial charge in [0, 0.05) is 4.88 Å². The van der Waals surface area contributed by atoms with Gasteiger partial charge in [0.05, 0.1) is 9.16 Å². The molecule has 0 spiro atoms. The summed E-state index contributed by atoms with van der Waals surface area (Å²) in [7, 11) is 0. The number of hydrogen-bond donors (Lipinski definition) is 0.